The molecule has 0 aliphatic heterocycles. The molecule has 15 heavy (non-hydrogen) atoms. The molecule has 0 heterocycles. The topological polar surface area (TPSA) is 91.9 Å². The molecule has 1 aromatic rings. The van der Waals surface area contributed by atoms with Crippen LogP contribution >= 0.6 is 0 Å². The van der Waals surface area contributed by atoms with Crippen molar-refractivity contribution in [2.45, 2.75) is 6.42 Å². The number of halogens is 1. The van der Waals surface area contributed by atoms with Crippen LogP contribution in [0.5, 0.6) is 0 Å². The van der Waals surface area contributed by atoms with Crippen LogP contribution in [-0.4, -0.2) is 11.5 Å². The first-order valence-corrected chi connectivity index (χ1v) is 4.09. The number of benzene rings is 1. The van der Waals surface area contributed by atoms with E-state index in [1.54, 1.807) is 0 Å². The summed E-state index contributed by atoms with van der Waals surface area (Å²) >= 11 is 0. The standard InChI is InChI=1S/C8H7FN4O2/c9-7-2-1-3-8(13(14)15)6(7)4-5-11-12-10/h1-3H,4-5H2. The number of azide groups is 1. The lowest BCUT2D eigenvalue weighted by Crippen LogP contribution is -2.00. The van der Waals surface area contributed by atoms with Gasteiger partial charge in [0.05, 0.1) is 10.5 Å². The minimum atomic E-state index is -0.658. The van der Waals surface area contributed by atoms with Crippen molar-refractivity contribution in [1.82, 2.24) is 0 Å². The predicted molar refractivity (Wildman–Crippen MR) is 50.8 cm³/mol. The van der Waals surface area contributed by atoms with Crippen molar-refractivity contribution in [3.05, 3.63) is 50.1 Å². The molecule has 0 radical (unpaired) electrons. The SMILES string of the molecule is [N-]=[N+]=NCCc1c(F)cccc1[N+](=O)[O-]. The molecule has 0 spiro atoms. The molecule has 0 saturated heterocycles. The second kappa shape index (κ2) is 4.92. The number of hydrogen-bond donors (Lipinski definition) is 0. The summed E-state index contributed by atoms with van der Waals surface area (Å²) in [4.78, 5) is 12.4. The molecule has 0 aliphatic rings. The van der Waals surface area contributed by atoms with E-state index in [2.05, 4.69) is 10.0 Å². The average Bonchev–Trinajstić information content (AvgIpc) is 2.20. The van der Waals surface area contributed by atoms with E-state index in [1.165, 1.54) is 12.1 Å². The van der Waals surface area contributed by atoms with Gasteiger partial charge in [0, 0.05) is 17.5 Å². The Balaban J connectivity index is 3.01. The van der Waals surface area contributed by atoms with Gasteiger partial charge in [-0.2, -0.15) is 0 Å². The molecule has 0 bridgehead atoms. The van der Waals surface area contributed by atoms with Crippen molar-refractivity contribution < 1.29 is 9.31 Å². The van der Waals surface area contributed by atoms with E-state index in [0.29, 0.717) is 0 Å². The molecule has 0 aliphatic carbocycles. The first-order chi connectivity index (χ1) is 7.16. The molecule has 0 fully saturated rings. The Morgan fingerprint density at radius 1 is 1.60 bits per heavy atom. The summed E-state index contributed by atoms with van der Waals surface area (Å²) in [6, 6.07) is 3.62. The van der Waals surface area contributed by atoms with Crippen LogP contribution in [0.3, 0.4) is 0 Å². The second-order valence-corrected chi connectivity index (χ2v) is 2.70. The molecule has 0 amide bonds. The van der Waals surface area contributed by atoms with E-state index in [1.807, 2.05) is 0 Å². The van der Waals surface area contributed by atoms with E-state index in [0.717, 1.165) is 6.07 Å². The van der Waals surface area contributed by atoms with Gasteiger partial charge in [0.2, 0.25) is 0 Å². The van der Waals surface area contributed by atoms with Crippen LogP contribution in [0.15, 0.2) is 23.3 Å². The van der Waals surface area contributed by atoms with Crippen molar-refractivity contribution in [2.24, 2.45) is 5.11 Å². The Labute approximate surface area is 84.1 Å². The van der Waals surface area contributed by atoms with Crippen molar-refractivity contribution in [3.8, 4) is 0 Å². The number of nitro groups is 1. The number of nitrogens with zero attached hydrogens (tertiary/aromatic N) is 4. The third kappa shape index (κ3) is 2.65. The van der Waals surface area contributed by atoms with Crippen LogP contribution in [0.4, 0.5) is 10.1 Å². The zero-order chi connectivity index (χ0) is 11.3. The predicted octanol–water partition coefficient (Wildman–Crippen LogP) is 2.59. The smallest absolute Gasteiger partial charge is 0.258 e. The van der Waals surface area contributed by atoms with Crippen LogP contribution in [-0.2, 0) is 6.42 Å². The van der Waals surface area contributed by atoms with E-state index in [4.69, 9.17) is 5.53 Å². The van der Waals surface area contributed by atoms with Crippen LogP contribution < -0.4 is 0 Å². The van der Waals surface area contributed by atoms with Crippen molar-refractivity contribution in [1.29, 1.82) is 0 Å². The maximum Gasteiger partial charge on any atom is 0.275 e. The largest absolute Gasteiger partial charge is 0.275 e. The lowest BCUT2D eigenvalue weighted by atomic mass is 10.1. The Morgan fingerprint density at radius 2 is 2.33 bits per heavy atom. The second-order valence-electron chi connectivity index (χ2n) is 2.70. The summed E-state index contributed by atoms with van der Waals surface area (Å²) in [5.74, 6) is -0.655. The maximum atomic E-state index is 13.2. The fourth-order valence-corrected chi connectivity index (χ4v) is 1.17. The molecular formula is C8H7FN4O2. The Hall–Kier alpha value is -2.14. The lowest BCUT2D eigenvalue weighted by Gasteiger charge is -2.01. The number of hydrogen-bond acceptors (Lipinski definition) is 3. The normalized spacial score (nSPS) is 9.40. The molecule has 6 nitrogen and oxygen atoms in total. The van der Waals surface area contributed by atoms with Gasteiger partial charge in [-0.15, -0.1) is 0 Å². The Bertz CT molecular complexity index is 429. The number of nitro benzene ring substituents is 1. The first-order valence-electron chi connectivity index (χ1n) is 4.09. The third-order valence-corrected chi connectivity index (χ3v) is 1.82. The fraction of sp³-hybridized carbons (Fsp3) is 0.250. The molecule has 78 valence electrons. The summed E-state index contributed by atoms with van der Waals surface area (Å²) in [6.07, 6.45) is 0.0209. The highest BCUT2D eigenvalue weighted by Gasteiger charge is 2.16. The van der Waals surface area contributed by atoms with Gasteiger partial charge in [-0.05, 0) is 18.0 Å². The highest BCUT2D eigenvalue weighted by atomic mass is 19.1. The van der Waals surface area contributed by atoms with Gasteiger partial charge < -0.3 is 0 Å². The minimum Gasteiger partial charge on any atom is -0.258 e. The van der Waals surface area contributed by atoms with Gasteiger partial charge in [0.1, 0.15) is 5.82 Å². The monoisotopic (exact) mass is 210 g/mol. The van der Waals surface area contributed by atoms with Crippen LogP contribution in [0.25, 0.3) is 10.4 Å². The highest BCUT2D eigenvalue weighted by molar-refractivity contribution is 5.41. The molecular weight excluding hydrogens is 203 g/mol. The average molecular weight is 210 g/mol. The zero-order valence-corrected chi connectivity index (χ0v) is 7.63. The molecule has 0 atom stereocenters. The molecule has 1 rings (SSSR count). The molecule has 0 saturated carbocycles. The highest BCUT2D eigenvalue weighted by Crippen LogP contribution is 2.21. The van der Waals surface area contributed by atoms with Crippen LogP contribution in [0, 0.1) is 15.9 Å². The van der Waals surface area contributed by atoms with Crippen molar-refractivity contribution >= 4 is 5.69 Å². The molecule has 1 aromatic carbocycles. The van der Waals surface area contributed by atoms with E-state index in [-0.39, 0.29) is 24.2 Å². The lowest BCUT2D eigenvalue weighted by molar-refractivity contribution is -0.385. The molecule has 7 heteroatoms. The molecule has 0 aromatic heterocycles. The van der Waals surface area contributed by atoms with E-state index < -0.39 is 10.7 Å². The van der Waals surface area contributed by atoms with Gasteiger partial charge in [0.25, 0.3) is 5.69 Å². The van der Waals surface area contributed by atoms with Gasteiger partial charge in [-0.1, -0.05) is 11.2 Å². The van der Waals surface area contributed by atoms with Crippen molar-refractivity contribution in [3.63, 3.8) is 0 Å². The molecule has 0 N–H and O–H groups in total. The van der Waals surface area contributed by atoms with Crippen LogP contribution in [0.2, 0.25) is 0 Å². The summed E-state index contributed by atoms with van der Waals surface area (Å²) in [5, 5.41) is 13.7. The van der Waals surface area contributed by atoms with E-state index in [9.17, 15) is 14.5 Å². The Kier molecular flexibility index (Phi) is 3.59. The van der Waals surface area contributed by atoms with Crippen molar-refractivity contribution in [2.75, 3.05) is 6.54 Å². The maximum absolute atomic E-state index is 13.2. The quantitative estimate of drug-likeness (QED) is 0.251. The third-order valence-electron chi connectivity index (χ3n) is 1.82. The van der Waals surface area contributed by atoms with Gasteiger partial charge in [0.15, 0.2) is 0 Å². The first kappa shape index (κ1) is 10.9. The van der Waals surface area contributed by atoms with E-state index >= 15 is 0 Å². The van der Waals surface area contributed by atoms with Gasteiger partial charge in [-0.25, -0.2) is 4.39 Å². The van der Waals surface area contributed by atoms with Gasteiger partial charge >= 0.3 is 0 Å². The summed E-state index contributed by atoms with van der Waals surface area (Å²) in [6.45, 7) is -0.00171. The minimum absolute atomic E-state index is 0.00171. The zero-order valence-electron chi connectivity index (χ0n) is 7.63. The Morgan fingerprint density at radius 3 is 2.93 bits per heavy atom. The molecule has 0 unspecified atom stereocenters. The fourth-order valence-electron chi connectivity index (χ4n) is 1.17. The van der Waals surface area contributed by atoms with Crippen LogP contribution in [0.1, 0.15) is 5.56 Å². The number of rotatable bonds is 4. The summed E-state index contributed by atoms with van der Waals surface area (Å²) in [5.41, 5.74) is 7.70. The summed E-state index contributed by atoms with van der Waals surface area (Å²) < 4.78 is 13.2. The van der Waals surface area contributed by atoms with Gasteiger partial charge in [-0.3, -0.25) is 10.1 Å². The summed E-state index contributed by atoms with van der Waals surface area (Å²) in [7, 11) is 0.